The molecular weight excluding hydrogens is 366 g/mol. The van der Waals surface area contributed by atoms with Gasteiger partial charge in [-0.15, -0.1) is 0 Å². The molecule has 0 unspecified atom stereocenters. The fourth-order valence-corrected chi connectivity index (χ4v) is 3.17. The molecule has 8 heteroatoms. The van der Waals surface area contributed by atoms with Crippen LogP contribution in [0.5, 0.6) is 0 Å². The average molecular weight is 377 g/mol. The van der Waals surface area contributed by atoms with Crippen LogP contribution in [0.4, 0.5) is 14.5 Å². The molecule has 4 nitrogen and oxygen atoms in total. The third kappa shape index (κ3) is 3.78. The maximum atomic E-state index is 13.4. The fraction of sp³-hybridized carbons (Fsp3) is 0.0769. The van der Waals surface area contributed by atoms with E-state index in [4.69, 9.17) is 5.73 Å². The van der Waals surface area contributed by atoms with Crippen molar-refractivity contribution >= 4 is 31.6 Å². The highest BCUT2D eigenvalue weighted by Crippen LogP contribution is 2.23. The van der Waals surface area contributed by atoms with E-state index in [1.165, 1.54) is 18.2 Å². The minimum Gasteiger partial charge on any atom is -0.398 e. The summed E-state index contributed by atoms with van der Waals surface area (Å²) in [5, 5.41) is 0. The normalized spacial score (nSPS) is 11.6. The molecule has 2 rings (SSSR count). The first kappa shape index (κ1) is 15.9. The van der Waals surface area contributed by atoms with Gasteiger partial charge in [-0.25, -0.2) is 21.9 Å². The fourth-order valence-electron chi connectivity index (χ4n) is 1.61. The second-order valence-corrected chi connectivity index (χ2v) is 6.86. The van der Waals surface area contributed by atoms with Crippen LogP contribution in [0.2, 0.25) is 0 Å². The van der Waals surface area contributed by atoms with Crippen molar-refractivity contribution in [1.82, 2.24) is 4.72 Å². The van der Waals surface area contributed by atoms with E-state index >= 15 is 0 Å². The number of hydrogen-bond donors (Lipinski definition) is 2. The van der Waals surface area contributed by atoms with Crippen molar-refractivity contribution in [3.63, 3.8) is 0 Å². The lowest BCUT2D eigenvalue weighted by Gasteiger charge is -2.09. The molecule has 0 saturated carbocycles. The van der Waals surface area contributed by atoms with Crippen LogP contribution in [0.1, 0.15) is 5.56 Å². The molecule has 0 heterocycles. The highest BCUT2D eigenvalue weighted by atomic mass is 79.9. The summed E-state index contributed by atoms with van der Waals surface area (Å²) in [6, 6.07) is 6.94. The van der Waals surface area contributed by atoms with Gasteiger partial charge in [-0.2, -0.15) is 0 Å². The summed E-state index contributed by atoms with van der Waals surface area (Å²) in [6.07, 6.45) is 0. The first-order valence-corrected chi connectivity index (χ1v) is 8.06. The monoisotopic (exact) mass is 376 g/mol. The van der Waals surface area contributed by atoms with Crippen LogP contribution in [0.3, 0.4) is 0 Å². The molecule has 0 atom stereocenters. The summed E-state index contributed by atoms with van der Waals surface area (Å²) in [5.74, 6) is -1.32. The second-order valence-electron chi connectivity index (χ2n) is 4.24. The molecule has 0 amide bonds. The molecule has 21 heavy (non-hydrogen) atoms. The van der Waals surface area contributed by atoms with Crippen LogP contribution in [-0.4, -0.2) is 8.42 Å². The van der Waals surface area contributed by atoms with E-state index in [1.54, 1.807) is 0 Å². The summed E-state index contributed by atoms with van der Waals surface area (Å²) in [4.78, 5) is -0.0274. The summed E-state index contributed by atoms with van der Waals surface area (Å²) < 4.78 is 53.3. The lowest BCUT2D eigenvalue weighted by Crippen LogP contribution is -2.23. The van der Waals surface area contributed by atoms with Gasteiger partial charge in [0.15, 0.2) is 0 Å². The van der Waals surface area contributed by atoms with Crippen LogP contribution in [0.15, 0.2) is 45.8 Å². The lowest BCUT2D eigenvalue weighted by molar-refractivity contribution is 0.567. The molecule has 0 aliphatic heterocycles. The molecule has 3 N–H and O–H groups in total. The highest BCUT2D eigenvalue weighted by Gasteiger charge is 2.16. The van der Waals surface area contributed by atoms with Crippen molar-refractivity contribution in [3.05, 3.63) is 58.1 Å². The van der Waals surface area contributed by atoms with Crippen LogP contribution >= 0.6 is 15.9 Å². The SMILES string of the molecule is Nc1ccc(S(=O)(=O)NCc2cc(F)ccc2F)cc1Br. The Morgan fingerprint density at radius 2 is 1.86 bits per heavy atom. The topological polar surface area (TPSA) is 72.2 Å². The van der Waals surface area contributed by atoms with E-state index in [0.717, 1.165) is 18.2 Å². The summed E-state index contributed by atoms with van der Waals surface area (Å²) in [6.45, 7) is -0.353. The second kappa shape index (κ2) is 6.08. The van der Waals surface area contributed by atoms with E-state index in [0.29, 0.717) is 10.2 Å². The van der Waals surface area contributed by atoms with Gasteiger partial charge in [0.05, 0.1) is 4.90 Å². The predicted octanol–water partition coefficient (Wildman–Crippen LogP) is 2.79. The number of nitrogen functional groups attached to an aromatic ring is 1. The Labute approximate surface area is 129 Å². The third-order valence-corrected chi connectivity index (χ3v) is 4.83. The standard InChI is InChI=1S/C13H11BrF2N2O2S/c14-11-6-10(2-4-13(11)17)21(19,20)18-7-8-5-9(15)1-3-12(8)16/h1-6,18H,7,17H2. The molecule has 0 radical (unpaired) electrons. The summed E-state index contributed by atoms with van der Waals surface area (Å²) in [7, 11) is -3.85. The van der Waals surface area contributed by atoms with Gasteiger partial charge in [-0.3, -0.25) is 0 Å². The first-order valence-electron chi connectivity index (χ1n) is 5.78. The number of anilines is 1. The van der Waals surface area contributed by atoms with E-state index in [1.807, 2.05) is 0 Å². The van der Waals surface area contributed by atoms with E-state index in [9.17, 15) is 17.2 Å². The van der Waals surface area contributed by atoms with Crippen molar-refractivity contribution in [1.29, 1.82) is 0 Å². The quantitative estimate of drug-likeness (QED) is 0.805. The van der Waals surface area contributed by atoms with Crippen LogP contribution in [0.25, 0.3) is 0 Å². The number of nitrogens with two attached hydrogens (primary N) is 1. The number of sulfonamides is 1. The van der Waals surface area contributed by atoms with Gasteiger partial charge in [0.2, 0.25) is 10.0 Å². The van der Waals surface area contributed by atoms with Gasteiger partial charge in [-0.1, -0.05) is 0 Å². The number of hydrogen-bond acceptors (Lipinski definition) is 3. The van der Waals surface area contributed by atoms with Crippen LogP contribution < -0.4 is 10.5 Å². The summed E-state index contributed by atoms with van der Waals surface area (Å²) in [5.41, 5.74) is 5.90. The Hall–Kier alpha value is -1.51. The zero-order valence-corrected chi connectivity index (χ0v) is 13.0. The zero-order chi connectivity index (χ0) is 15.6. The molecular formula is C13H11BrF2N2O2S. The molecule has 0 aliphatic rings. The Balaban J connectivity index is 2.21. The largest absolute Gasteiger partial charge is 0.398 e. The molecule has 2 aromatic carbocycles. The molecule has 0 fully saturated rings. The number of nitrogens with one attached hydrogen (secondary N) is 1. The molecule has 112 valence electrons. The minimum absolute atomic E-state index is 0.0274. The molecule has 2 aromatic rings. The smallest absolute Gasteiger partial charge is 0.240 e. The van der Waals surface area contributed by atoms with E-state index in [-0.39, 0.29) is 17.0 Å². The van der Waals surface area contributed by atoms with Gasteiger partial charge in [0.25, 0.3) is 0 Å². The number of halogens is 3. The lowest BCUT2D eigenvalue weighted by atomic mass is 10.2. The Kier molecular flexibility index (Phi) is 4.60. The number of rotatable bonds is 4. The maximum Gasteiger partial charge on any atom is 0.240 e. The van der Waals surface area contributed by atoms with Crippen LogP contribution in [0, 0.1) is 11.6 Å². The van der Waals surface area contributed by atoms with Gasteiger partial charge in [0, 0.05) is 22.3 Å². The van der Waals surface area contributed by atoms with Crippen molar-refractivity contribution in [3.8, 4) is 0 Å². The average Bonchev–Trinajstić information content (AvgIpc) is 2.43. The van der Waals surface area contributed by atoms with Gasteiger partial charge >= 0.3 is 0 Å². The zero-order valence-electron chi connectivity index (χ0n) is 10.6. The minimum atomic E-state index is -3.85. The van der Waals surface area contributed by atoms with E-state index < -0.39 is 21.7 Å². The van der Waals surface area contributed by atoms with Crippen molar-refractivity contribution < 1.29 is 17.2 Å². The number of benzene rings is 2. The van der Waals surface area contributed by atoms with Crippen LogP contribution in [-0.2, 0) is 16.6 Å². The van der Waals surface area contributed by atoms with E-state index in [2.05, 4.69) is 20.7 Å². The molecule has 0 bridgehead atoms. The Morgan fingerprint density at radius 1 is 1.14 bits per heavy atom. The third-order valence-electron chi connectivity index (χ3n) is 2.74. The molecule has 0 spiro atoms. The predicted molar refractivity (Wildman–Crippen MR) is 78.9 cm³/mol. The van der Waals surface area contributed by atoms with Gasteiger partial charge in [0.1, 0.15) is 11.6 Å². The Bertz CT molecular complexity index is 782. The van der Waals surface area contributed by atoms with Gasteiger partial charge in [-0.05, 0) is 52.3 Å². The van der Waals surface area contributed by atoms with Crippen molar-refractivity contribution in [2.24, 2.45) is 0 Å². The molecule has 0 aliphatic carbocycles. The maximum absolute atomic E-state index is 13.4. The van der Waals surface area contributed by atoms with Crippen molar-refractivity contribution in [2.45, 2.75) is 11.4 Å². The first-order chi connectivity index (χ1) is 9.79. The van der Waals surface area contributed by atoms with Crippen molar-refractivity contribution in [2.75, 3.05) is 5.73 Å². The van der Waals surface area contributed by atoms with Gasteiger partial charge < -0.3 is 5.73 Å². The molecule has 0 aromatic heterocycles. The summed E-state index contributed by atoms with van der Waals surface area (Å²) >= 11 is 3.13. The molecule has 0 saturated heterocycles. The highest BCUT2D eigenvalue weighted by molar-refractivity contribution is 9.10. The Morgan fingerprint density at radius 3 is 2.52 bits per heavy atom.